The average molecular weight is 366 g/mol. The minimum absolute atomic E-state index is 0.0496. The predicted molar refractivity (Wildman–Crippen MR) is 99.5 cm³/mol. The lowest BCUT2D eigenvalue weighted by Crippen LogP contribution is -2.33. The van der Waals surface area contributed by atoms with Crippen molar-refractivity contribution >= 4 is 5.91 Å². The Morgan fingerprint density at radius 3 is 2.78 bits per heavy atom. The summed E-state index contributed by atoms with van der Waals surface area (Å²) in [4.78, 5) is 28.7. The molecule has 1 N–H and O–H groups in total. The molecule has 0 spiro atoms. The zero-order chi connectivity index (χ0) is 18.6. The highest BCUT2D eigenvalue weighted by molar-refractivity contribution is 5.75. The van der Waals surface area contributed by atoms with Crippen LogP contribution in [0.2, 0.25) is 0 Å². The molecule has 3 aromatic rings. The Hall–Kier alpha value is -3.16. The van der Waals surface area contributed by atoms with E-state index in [0.29, 0.717) is 13.1 Å². The molecule has 27 heavy (non-hydrogen) atoms. The molecule has 0 radical (unpaired) electrons. The highest BCUT2D eigenvalue weighted by Crippen LogP contribution is 2.11. The Morgan fingerprint density at radius 1 is 1.15 bits per heavy atom. The molecular weight excluding hydrogens is 344 g/mol. The number of imidazole rings is 1. The molecule has 0 aliphatic carbocycles. The number of amides is 1. The second-order valence-electron chi connectivity index (χ2n) is 6.73. The minimum Gasteiger partial charge on any atom is -0.350 e. The van der Waals surface area contributed by atoms with E-state index in [1.54, 1.807) is 17.1 Å². The third-order valence-electron chi connectivity index (χ3n) is 4.80. The van der Waals surface area contributed by atoms with E-state index in [1.165, 1.54) is 4.68 Å². The van der Waals surface area contributed by atoms with E-state index in [1.807, 2.05) is 35.0 Å². The number of fused-ring (bicyclic) bond motifs is 1. The molecule has 8 heteroatoms. The third-order valence-corrected chi connectivity index (χ3v) is 4.80. The molecule has 0 fully saturated rings. The fourth-order valence-corrected chi connectivity index (χ4v) is 3.32. The third kappa shape index (κ3) is 3.84. The molecule has 2 aromatic heterocycles. The van der Waals surface area contributed by atoms with Crippen molar-refractivity contribution in [2.24, 2.45) is 0 Å². The lowest BCUT2D eigenvalue weighted by atomic mass is 10.2. The molecule has 1 aliphatic heterocycles. The maximum absolute atomic E-state index is 12.4. The van der Waals surface area contributed by atoms with Gasteiger partial charge < -0.3 is 9.88 Å². The van der Waals surface area contributed by atoms with Gasteiger partial charge in [-0.2, -0.15) is 5.10 Å². The van der Waals surface area contributed by atoms with E-state index < -0.39 is 0 Å². The van der Waals surface area contributed by atoms with Crippen molar-refractivity contribution in [1.29, 1.82) is 0 Å². The second kappa shape index (κ2) is 7.61. The first-order chi connectivity index (χ1) is 13.2. The molecule has 0 saturated carbocycles. The predicted octanol–water partition coefficient (Wildman–Crippen LogP) is 1.27. The van der Waals surface area contributed by atoms with Gasteiger partial charge in [0.1, 0.15) is 12.4 Å². The van der Waals surface area contributed by atoms with Crippen LogP contribution in [0.25, 0.3) is 5.69 Å². The fourth-order valence-electron chi connectivity index (χ4n) is 3.32. The number of rotatable bonds is 5. The standard InChI is InChI=1S/C19H22N6O2/c26-18(13-25-19(27)24-10-3-1-2-4-17(24)22-25)21-12-15-5-7-16(8-6-15)23-11-9-20-14-23/h5-9,11,14H,1-4,10,12-13H2,(H,21,26). The first-order valence-corrected chi connectivity index (χ1v) is 9.21. The molecule has 0 unspecified atom stereocenters. The Kier molecular flexibility index (Phi) is 4.86. The quantitative estimate of drug-likeness (QED) is 0.737. The largest absolute Gasteiger partial charge is 0.350 e. The first kappa shape index (κ1) is 17.3. The van der Waals surface area contributed by atoms with Crippen LogP contribution in [0, 0.1) is 0 Å². The summed E-state index contributed by atoms with van der Waals surface area (Å²) in [6.45, 7) is 1.05. The van der Waals surface area contributed by atoms with Gasteiger partial charge in [-0.05, 0) is 30.5 Å². The molecule has 4 rings (SSSR count). The van der Waals surface area contributed by atoms with Crippen molar-refractivity contribution in [1.82, 2.24) is 29.2 Å². The SMILES string of the molecule is O=C(Cn1nc2n(c1=O)CCCCC2)NCc1ccc(-n2ccnc2)cc1. The van der Waals surface area contributed by atoms with Crippen LogP contribution >= 0.6 is 0 Å². The highest BCUT2D eigenvalue weighted by Gasteiger charge is 2.17. The Balaban J connectivity index is 1.35. The zero-order valence-corrected chi connectivity index (χ0v) is 15.0. The van der Waals surface area contributed by atoms with Crippen LogP contribution in [0.5, 0.6) is 0 Å². The maximum Gasteiger partial charge on any atom is 0.346 e. The molecule has 140 valence electrons. The van der Waals surface area contributed by atoms with Crippen molar-refractivity contribution in [3.63, 3.8) is 0 Å². The zero-order valence-electron chi connectivity index (χ0n) is 15.0. The van der Waals surface area contributed by atoms with Crippen LogP contribution in [0.1, 0.15) is 30.7 Å². The van der Waals surface area contributed by atoms with Crippen molar-refractivity contribution in [2.75, 3.05) is 0 Å². The summed E-state index contributed by atoms with van der Waals surface area (Å²) in [5.74, 6) is 0.574. The smallest absolute Gasteiger partial charge is 0.346 e. The number of benzene rings is 1. The van der Waals surface area contributed by atoms with Gasteiger partial charge in [-0.25, -0.2) is 14.5 Å². The number of aryl methyl sites for hydroxylation is 1. The van der Waals surface area contributed by atoms with E-state index in [0.717, 1.165) is 42.8 Å². The minimum atomic E-state index is -0.218. The molecule has 1 aromatic carbocycles. The molecule has 0 atom stereocenters. The molecule has 0 bridgehead atoms. The summed E-state index contributed by atoms with van der Waals surface area (Å²) in [6, 6.07) is 7.86. The Bertz CT molecular complexity index is 969. The van der Waals surface area contributed by atoms with E-state index in [4.69, 9.17) is 0 Å². The van der Waals surface area contributed by atoms with Crippen molar-refractivity contribution in [2.45, 2.75) is 45.3 Å². The summed E-state index contributed by atoms with van der Waals surface area (Å²) < 4.78 is 4.89. The van der Waals surface area contributed by atoms with E-state index in [9.17, 15) is 9.59 Å². The first-order valence-electron chi connectivity index (χ1n) is 9.21. The number of nitrogens with one attached hydrogen (secondary N) is 1. The number of hydrogen-bond acceptors (Lipinski definition) is 4. The lowest BCUT2D eigenvalue weighted by molar-refractivity contribution is -0.122. The Morgan fingerprint density at radius 2 is 2.00 bits per heavy atom. The molecule has 8 nitrogen and oxygen atoms in total. The van der Waals surface area contributed by atoms with Crippen LogP contribution in [-0.2, 0) is 30.8 Å². The van der Waals surface area contributed by atoms with E-state index >= 15 is 0 Å². The monoisotopic (exact) mass is 366 g/mol. The van der Waals surface area contributed by atoms with Gasteiger partial charge in [-0.1, -0.05) is 18.6 Å². The molecule has 3 heterocycles. The number of carbonyl (C=O) groups excluding carboxylic acids is 1. The summed E-state index contributed by atoms with van der Waals surface area (Å²) in [5.41, 5.74) is 1.81. The number of nitrogens with zero attached hydrogens (tertiary/aromatic N) is 5. The molecule has 0 saturated heterocycles. The average Bonchev–Trinajstić information content (AvgIpc) is 3.24. The van der Waals surface area contributed by atoms with Crippen molar-refractivity contribution in [3.8, 4) is 5.69 Å². The summed E-state index contributed by atoms with van der Waals surface area (Å²) in [7, 11) is 0. The molecule has 1 aliphatic rings. The van der Waals surface area contributed by atoms with Crippen molar-refractivity contribution < 1.29 is 4.79 Å². The van der Waals surface area contributed by atoms with Gasteiger partial charge in [0.25, 0.3) is 0 Å². The summed E-state index contributed by atoms with van der Waals surface area (Å²) in [5, 5.41) is 7.20. The van der Waals surface area contributed by atoms with Crippen LogP contribution < -0.4 is 11.0 Å². The normalized spacial score (nSPS) is 13.8. The van der Waals surface area contributed by atoms with Crippen LogP contribution in [-0.4, -0.2) is 29.8 Å². The summed E-state index contributed by atoms with van der Waals surface area (Å²) in [6.07, 6.45) is 9.28. The van der Waals surface area contributed by atoms with Crippen LogP contribution in [0.3, 0.4) is 0 Å². The van der Waals surface area contributed by atoms with Gasteiger partial charge >= 0.3 is 5.69 Å². The summed E-state index contributed by atoms with van der Waals surface area (Å²) >= 11 is 0. The van der Waals surface area contributed by atoms with Gasteiger partial charge in [0.05, 0.1) is 6.33 Å². The van der Waals surface area contributed by atoms with Crippen LogP contribution in [0.15, 0.2) is 47.8 Å². The lowest BCUT2D eigenvalue weighted by Gasteiger charge is -2.07. The van der Waals surface area contributed by atoms with E-state index in [-0.39, 0.29) is 18.1 Å². The van der Waals surface area contributed by atoms with E-state index in [2.05, 4.69) is 15.4 Å². The second-order valence-corrected chi connectivity index (χ2v) is 6.73. The molecule has 1 amide bonds. The number of hydrogen-bond donors (Lipinski definition) is 1. The number of aromatic nitrogens is 5. The van der Waals surface area contributed by atoms with Gasteiger partial charge in [0, 0.05) is 37.6 Å². The highest BCUT2D eigenvalue weighted by atomic mass is 16.2. The maximum atomic E-state index is 12.4. The van der Waals surface area contributed by atoms with Crippen LogP contribution in [0.4, 0.5) is 0 Å². The fraction of sp³-hybridized carbons (Fsp3) is 0.368. The molecular formula is C19H22N6O2. The van der Waals surface area contributed by atoms with Gasteiger partial charge in [0.15, 0.2) is 0 Å². The van der Waals surface area contributed by atoms with Gasteiger partial charge in [0.2, 0.25) is 5.91 Å². The van der Waals surface area contributed by atoms with Crippen molar-refractivity contribution in [3.05, 3.63) is 64.9 Å². The number of carbonyl (C=O) groups is 1. The topological polar surface area (TPSA) is 86.7 Å². The van der Waals surface area contributed by atoms with Gasteiger partial charge in [-0.15, -0.1) is 0 Å². The Labute approximate surface area is 156 Å². The van der Waals surface area contributed by atoms with Gasteiger partial charge in [-0.3, -0.25) is 9.36 Å².